The van der Waals surface area contributed by atoms with E-state index in [4.69, 9.17) is 23.2 Å². The zero-order valence-corrected chi connectivity index (χ0v) is 11.6. The Morgan fingerprint density at radius 1 is 1.50 bits per heavy atom. The Morgan fingerprint density at radius 2 is 2.28 bits per heavy atom. The van der Waals surface area contributed by atoms with Gasteiger partial charge in [0, 0.05) is 30.7 Å². The van der Waals surface area contributed by atoms with E-state index in [2.05, 4.69) is 10.6 Å². The standard InChI is InChI=1S/C12H15Cl2N3O/c1-8-7-15-4-5-17(8)12(18)16-11-6-9(13)2-3-10(11)14/h2-3,6,8,15H,4-5,7H2,1H3,(H,16,18)/t8-/m1/s1. The van der Waals surface area contributed by atoms with Crippen LogP contribution in [0.4, 0.5) is 10.5 Å². The van der Waals surface area contributed by atoms with E-state index in [0.29, 0.717) is 22.3 Å². The van der Waals surface area contributed by atoms with Gasteiger partial charge in [0.05, 0.1) is 10.7 Å². The highest BCUT2D eigenvalue weighted by molar-refractivity contribution is 6.35. The molecule has 1 aliphatic rings. The molecule has 2 N–H and O–H groups in total. The second kappa shape index (κ2) is 5.78. The molecule has 1 fully saturated rings. The summed E-state index contributed by atoms with van der Waals surface area (Å²) in [5.41, 5.74) is 0.542. The molecule has 0 radical (unpaired) electrons. The Bertz CT molecular complexity index is 453. The first-order chi connectivity index (χ1) is 8.58. The second-order valence-corrected chi connectivity index (χ2v) is 5.14. The number of halogens is 2. The molecule has 0 aromatic heterocycles. The maximum absolute atomic E-state index is 12.1. The van der Waals surface area contributed by atoms with Gasteiger partial charge in [0.15, 0.2) is 0 Å². The molecular formula is C12H15Cl2N3O. The van der Waals surface area contributed by atoms with Gasteiger partial charge in [-0.3, -0.25) is 0 Å². The van der Waals surface area contributed by atoms with Crippen molar-refractivity contribution in [2.24, 2.45) is 0 Å². The molecule has 6 heteroatoms. The van der Waals surface area contributed by atoms with E-state index in [1.165, 1.54) is 0 Å². The Morgan fingerprint density at radius 3 is 3.00 bits per heavy atom. The van der Waals surface area contributed by atoms with Gasteiger partial charge in [0.1, 0.15) is 0 Å². The van der Waals surface area contributed by atoms with E-state index < -0.39 is 0 Å². The van der Waals surface area contributed by atoms with Gasteiger partial charge >= 0.3 is 6.03 Å². The number of rotatable bonds is 1. The number of carbonyl (C=O) groups is 1. The van der Waals surface area contributed by atoms with Crippen molar-refractivity contribution >= 4 is 34.9 Å². The first kappa shape index (κ1) is 13.5. The Hall–Kier alpha value is -0.970. The van der Waals surface area contributed by atoms with Crippen LogP contribution in [0.3, 0.4) is 0 Å². The van der Waals surface area contributed by atoms with E-state index in [0.717, 1.165) is 13.1 Å². The minimum absolute atomic E-state index is 0.145. The summed E-state index contributed by atoms with van der Waals surface area (Å²) in [6, 6.07) is 5.02. The normalized spacial score (nSPS) is 19.7. The minimum atomic E-state index is -0.145. The number of nitrogens with one attached hydrogen (secondary N) is 2. The van der Waals surface area contributed by atoms with Crippen LogP contribution >= 0.6 is 23.2 Å². The van der Waals surface area contributed by atoms with Crippen molar-refractivity contribution in [2.75, 3.05) is 25.0 Å². The topological polar surface area (TPSA) is 44.4 Å². The SMILES string of the molecule is C[C@@H]1CNCCN1C(=O)Nc1cc(Cl)ccc1Cl. The van der Waals surface area contributed by atoms with Crippen LogP contribution in [0.15, 0.2) is 18.2 Å². The monoisotopic (exact) mass is 287 g/mol. The molecule has 0 saturated carbocycles. The lowest BCUT2D eigenvalue weighted by Gasteiger charge is -2.33. The first-order valence-electron chi connectivity index (χ1n) is 5.81. The largest absolute Gasteiger partial charge is 0.322 e. The van der Waals surface area contributed by atoms with Crippen LogP contribution in [0, 0.1) is 0 Å². The molecule has 4 nitrogen and oxygen atoms in total. The molecule has 1 aliphatic heterocycles. The van der Waals surface area contributed by atoms with Crippen molar-refractivity contribution < 1.29 is 4.79 Å². The van der Waals surface area contributed by atoms with Crippen LogP contribution in [0.2, 0.25) is 10.0 Å². The van der Waals surface area contributed by atoms with Gasteiger partial charge in [-0.25, -0.2) is 4.79 Å². The van der Waals surface area contributed by atoms with Crippen LogP contribution in [-0.4, -0.2) is 36.6 Å². The Balaban J connectivity index is 2.08. The highest BCUT2D eigenvalue weighted by Crippen LogP contribution is 2.25. The van der Waals surface area contributed by atoms with Crippen molar-refractivity contribution in [3.05, 3.63) is 28.2 Å². The quantitative estimate of drug-likeness (QED) is 0.834. The van der Waals surface area contributed by atoms with Crippen molar-refractivity contribution in [1.82, 2.24) is 10.2 Å². The third kappa shape index (κ3) is 3.07. The van der Waals surface area contributed by atoms with Gasteiger partial charge in [0.25, 0.3) is 0 Å². The molecule has 0 aliphatic carbocycles. The lowest BCUT2D eigenvalue weighted by Crippen LogP contribution is -2.53. The molecular weight excluding hydrogens is 273 g/mol. The summed E-state index contributed by atoms with van der Waals surface area (Å²) in [7, 11) is 0. The molecule has 1 heterocycles. The average molecular weight is 288 g/mol. The van der Waals surface area contributed by atoms with E-state index in [1.54, 1.807) is 23.1 Å². The smallest absolute Gasteiger partial charge is 0.319 e. The number of piperazine rings is 1. The number of nitrogens with zero attached hydrogens (tertiary/aromatic N) is 1. The zero-order chi connectivity index (χ0) is 13.1. The molecule has 0 bridgehead atoms. The lowest BCUT2D eigenvalue weighted by molar-refractivity contribution is 0.177. The van der Waals surface area contributed by atoms with Gasteiger partial charge in [-0.15, -0.1) is 0 Å². The highest BCUT2D eigenvalue weighted by atomic mass is 35.5. The van der Waals surface area contributed by atoms with Gasteiger partial charge in [-0.1, -0.05) is 23.2 Å². The van der Waals surface area contributed by atoms with Gasteiger partial charge in [-0.05, 0) is 25.1 Å². The predicted molar refractivity (Wildman–Crippen MR) is 74.5 cm³/mol. The molecule has 98 valence electrons. The van der Waals surface area contributed by atoms with Crippen molar-refractivity contribution in [3.63, 3.8) is 0 Å². The number of benzene rings is 1. The number of anilines is 1. The minimum Gasteiger partial charge on any atom is -0.319 e. The third-order valence-electron chi connectivity index (χ3n) is 2.93. The van der Waals surface area contributed by atoms with Crippen molar-refractivity contribution in [3.8, 4) is 0 Å². The summed E-state index contributed by atoms with van der Waals surface area (Å²) in [6.07, 6.45) is 0. The van der Waals surface area contributed by atoms with Crippen LogP contribution in [-0.2, 0) is 0 Å². The summed E-state index contributed by atoms with van der Waals surface area (Å²) in [5.74, 6) is 0. The van der Waals surface area contributed by atoms with E-state index in [9.17, 15) is 4.79 Å². The van der Waals surface area contributed by atoms with Crippen LogP contribution in [0.1, 0.15) is 6.92 Å². The van der Waals surface area contributed by atoms with E-state index in [1.807, 2.05) is 6.92 Å². The van der Waals surface area contributed by atoms with Gasteiger partial charge < -0.3 is 15.5 Å². The van der Waals surface area contributed by atoms with Crippen molar-refractivity contribution in [1.29, 1.82) is 0 Å². The fraction of sp³-hybridized carbons (Fsp3) is 0.417. The number of hydrogen-bond donors (Lipinski definition) is 2. The summed E-state index contributed by atoms with van der Waals surface area (Å²) < 4.78 is 0. The van der Waals surface area contributed by atoms with Crippen LogP contribution in [0.25, 0.3) is 0 Å². The molecule has 1 atom stereocenters. The first-order valence-corrected chi connectivity index (χ1v) is 6.57. The number of hydrogen-bond acceptors (Lipinski definition) is 2. The predicted octanol–water partition coefficient (Wildman–Crippen LogP) is 2.82. The second-order valence-electron chi connectivity index (χ2n) is 4.30. The molecule has 18 heavy (non-hydrogen) atoms. The Labute approximate surface area is 116 Å². The summed E-state index contributed by atoms with van der Waals surface area (Å²) in [5, 5.41) is 7.06. The molecule has 2 rings (SSSR count). The molecule has 0 spiro atoms. The molecule has 0 unspecified atom stereocenters. The maximum atomic E-state index is 12.1. The van der Waals surface area contributed by atoms with Crippen LogP contribution < -0.4 is 10.6 Å². The average Bonchev–Trinajstić information content (AvgIpc) is 2.34. The third-order valence-corrected chi connectivity index (χ3v) is 3.50. The maximum Gasteiger partial charge on any atom is 0.322 e. The fourth-order valence-electron chi connectivity index (χ4n) is 1.92. The lowest BCUT2D eigenvalue weighted by atomic mass is 10.2. The highest BCUT2D eigenvalue weighted by Gasteiger charge is 2.23. The van der Waals surface area contributed by atoms with Crippen LogP contribution in [0.5, 0.6) is 0 Å². The number of amides is 2. The number of urea groups is 1. The molecule has 1 aromatic rings. The number of carbonyl (C=O) groups excluding carboxylic acids is 1. The summed E-state index contributed by atoms with van der Waals surface area (Å²) >= 11 is 11.9. The van der Waals surface area contributed by atoms with Crippen molar-refractivity contribution in [2.45, 2.75) is 13.0 Å². The van der Waals surface area contributed by atoms with E-state index >= 15 is 0 Å². The van der Waals surface area contributed by atoms with Gasteiger partial charge in [-0.2, -0.15) is 0 Å². The molecule has 1 aromatic carbocycles. The van der Waals surface area contributed by atoms with E-state index in [-0.39, 0.29) is 12.1 Å². The van der Waals surface area contributed by atoms with Gasteiger partial charge in [0.2, 0.25) is 0 Å². The molecule has 1 saturated heterocycles. The summed E-state index contributed by atoms with van der Waals surface area (Å²) in [4.78, 5) is 13.9. The molecule has 2 amide bonds. The fourth-order valence-corrected chi connectivity index (χ4v) is 2.26. The Kier molecular flexibility index (Phi) is 4.32. The summed E-state index contributed by atoms with van der Waals surface area (Å²) in [6.45, 7) is 4.30. The zero-order valence-electron chi connectivity index (χ0n) is 10.0.